The van der Waals surface area contributed by atoms with E-state index in [-0.39, 0.29) is 18.1 Å². The Morgan fingerprint density at radius 1 is 1.03 bits per heavy atom. The summed E-state index contributed by atoms with van der Waals surface area (Å²) >= 11 is 0. The molecule has 2 heterocycles. The smallest absolute Gasteiger partial charge is 0.276 e. The topological polar surface area (TPSA) is 134 Å². The Kier molecular flexibility index (Phi) is 4.76. The third-order valence-corrected chi connectivity index (χ3v) is 3.97. The highest BCUT2D eigenvalue weighted by Crippen LogP contribution is 2.16. The molecular formula is C18H14N8O3. The van der Waals surface area contributed by atoms with Crippen molar-refractivity contribution < 1.29 is 9.72 Å². The van der Waals surface area contributed by atoms with Crippen molar-refractivity contribution in [1.82, 2.24) is 30.0 Å². The van der Waals surface area contributed by atoms with Crippen LogP contribution < -0.4 is 5.32 Å². The van der Waals surface area contributed by atoms with Crippen molar-refractivity contribution in [3.8, 4) is 11.4 Å². The number of amides is 1. The fourth-order valence-corrected chi connectivity index (χ4v) is 2.56. The standard InChI is InChI=1S/C18H14N8O3/c27-18(19-14-6-8-15(9-7-14)26(28)29)16-10-11-24(21-16)12-25-22-17(20-23-25)13-4-2-1-3-5-13/h1-11H,12H2,(H,19,27). The van der Waals surface area contributed by atoms with E-state index >= 15 is 0 Å². The Morgan fingerprint density at radius 3 is 2.52 bits per heavy atom. The molecular weight excluding hydrogens is 376 g/mol. The molecule has 0 saturated carbocycles. The molecule has 1 N–H and O–H groups in total. The van der Waals surface area contributed by atoms with Gasteiger partial charge in [-0.15, -0.1) is 15.0 Å². The second kappa shape index (κ2) is 7.68. The van der Waals surface area contributed by atoms with E-state index in [0.29, 0.717) is 11.5 Å². The molecule has 0 aliphatic carbocycles. The SMILES string of the molecule is O=C(Nc1ccc([N+](=O)[O-])cc1)c1ccn(Cn2nnc(-c3ccccc3)n2)n1. The molecule has 11 heteroatoms. The first-order valence-electron chi connectivity index (χ1n) is 8.51. The number of nitro benzene ring substituents is 1. The Bertz CT molecular complexity index is 1150. The van der Waals surface area contributed by atoms with E-state index in [1.807, 2.05) is 30.3 Å². The van der Waals surface area contributed by atoms with Crippen LogP contribution in [-0.4, -0.2) is 40.8 Å². The van der Waals surface area contributed by atoms with Gasteiger partial charge in [0.15, 0.2) is 12.4 Å². The van der Waals surface area contributed by atoms with Crippen LogP contribution in [-0.2, 0) is 6.67 Å². The molecule has 0 bridgehead atoms. The first-order valence-corrected chi connectivity index (χ1v) is 8.51. The highest BCUT2D eigenvalue weighted by atomic mass is 16.6. The molecule has 4 aromatic rings. The molecule has 0 unspecified atom stereocenters. The molecule has 0 saturated heterocycles. The number of carbonyl (C=O) groups is 1. The fourth-order valence-electron chi connectivity index (χ4n) is 2.56. The normalized spacial score (nSPS) is 10.6. The molecule has 0 radical (unpaired) electrons. The maximum Gasteiger partial charge on any atom is 0.276 e. The van der Waals surface area contributed by atoms with E-state index in [4.69, 9.17) is 0 Å². The Hall–Kier alpha value is -4.41. The van der Waals surface area contributed by atoms with Crippen LogP contribution in [0.3, 0.4) is 0 Å². The number of benzene rings is 2. The highest BCUT2D eigenvalue weighted by Gasteiger charge is 2.12. The minimum atomic E-state index is -0.505. The molecule has 4 rings (SSSR count). The third-order valence-electron chi connectivity index (χ3n) is 3.97. The van der Waals surface area contributed by atoms with Crippen LogP contribution in [0.2, 0.25) is 0 Å². The zero-order chi connectivity index (χ0) is 20.2. The summed E-state index contributed by atoms with van der Waals surface area (Å²) in [6.45, 7) is 0.185. The molecule has 0 spiro atoms. The summed E-state index contributed by atoms with van der Waals surface area (Å²) in [5, 5.41) is 29.8. The molecule has 29 heavy (non-hydrogen) atoms. The Morgan fingerprint density at radius 2 is 1.79 bits per heavy atom. The van der Waals surface area contributed by atoms with E-state index in [1.165, 1.54) is 33.7 Å². The lowest BCUT2D eigenvalue weighted by Crippen LogP contribution is -2.15. The zero-order valence-electron chi connectivity index (χ0n) is 14.9. The molecule has 0 atom stereocenters. The summed E-state index contributed by atoms with van der Waals surface area (Å²) in [5.41, 5.74) is 1.41. The number of carbonyl (C=O) groups excluding carboxylic acids is 1. The second-order valence-electron chi connectivity index (χ2n) is 5.99. The van der Waals surface area contributed by atoms with Gasteiger partial charge in [0.1, 0.15) is 0 Å². The second-order valence-corrected chi connectivity index (χ2v) is 5.99. The number of aromatic nitrogens is 6. The number of nitrogens with one attached hydrogen (secondary N) is 1. The Labute approximate surface area is 163 Å². The van der Waals surface area contributed by atoms with Crippen LogP contribution >= 0.6 is 0 Å². The van der Waals surface area contributed by atoms with Crippen LogP contribution in [0, 0.1) is 10.1 Å². The van der Waals surface area contributed by atoms with Gasteiger partial charge in [-0.1, -0.05) is 30.3 Å². The van der Waals surface area contributed by atoms with Crippen molar-refractivity contribution in [3.05, 3.63) is 82.7 Å². The fraction of sp³-hybridized carbons (Fsp3) is 0.0556. The first kappa shape index (κ1) is 18.0. The van der Waals surface area contributed by atoms with Gasteiger partial charge in [0.2, 0.25) is 5.82 Å². The van der Waals surface area contributed by atoms with Crippen molar-refractivity contribution in [2.75, 3.05) is 5.32 Å². The maximum absolute atomic E-state index is 12.3. The number of hydrogen-bond acceptors (Lipinski definition) is 7. The Balaban J connectivity index is 1.41. The van der Waals surface area contributed by atoms with E-state index in [0.717, 1.165) is 5.56 Å². The third kappa shape index (κ3) is 4.13. The van der Waals surface area contributed by atoms with E-state index in [9.17, 15) is 14.9 Å². The molecule has 0 fully saturated rings. The quantitative estimate of drug-likeness (QED) is 0.394. The van der Waals surface area contributed by atoms with Gasteiger partial charge in [-0.3, -0.25) is 14.9 Å². The minimum Gasteiger partial charge on any atom is -0.321 e. The van der Waals surface area contributed by atoms with E-state index in [1.54, 1.807) is 12.3 Å². The highest BCUT2D eigenvalue weighted by molar-refractivity contribution is 6.02. The van der Waals surface area contributed by atoms with Gasteiger partial charge >= 0.3 is 0 Å². The van der Waals surface area contributed by atoms with Gasteiger partial charge in [-0.2, -0.15) is 5.10 Å². The lowest BCUT2D eigenvalue weighted by Gasteiger charge is -2.03. The largest absolute Gasteiger partial charge is 0.321 e. The van der Waals surface area contributed by atoms with Gasteiger partial charge < -0.3 is 5.32 Å². The molecule has 0 aliphatic rings. The van der Waals surface area contributed by atoms with E-state index in [2.05, 4.69) is 25.8 Å². The molecule has 11 nitrogen and oxygen atoms in total. The van der Waals surface area contributed by atoms with Crippen LogP contribution in [0.4, 0.5) is 11.4 Å². The number of rotatable bonds is 6. The van der Waals surface area contributed by atoms with Crippen LogP contribution in [0.25, 0.3) is 11.4 Å². The molecule has 1 amide bonds. The summed E-state index contributed by atoms with van der Waals surface area (Å²) < 4.78 is 1.50. The molecule has 0 aliphatic heterocycles. The number of hydrogen-bond donors (Lipinski definition) is 1. The summed E-state index contributed by atoms with van der Waals surface area (Å²) in [4.78, 5) is 23.9. The van der Waals surface area contributed by atoms with Crippen molar-refractivity contribution in [2.24, 2.45) is 0 Å². The number of tetrazole rings is 1. The van der Waals surface area contributed by atoms with Crippen LogP contribution in [0.15, 0.2) is 66.9 Å². The molecule has 144 valence electrons. The first-order chi connectivity index (χ1) is 14.1. The zero-order valence-corrected chi connectivity index (χ0v) is 14.9. The van der Waals surface area contributed by atoms with Gasteiger partial charge in [-0.05, 0) is 23.4 Å². The minimum absolute atomic E-state index is 0.0533. The van der Waals surface area contributed by atoms with Crippen molar-refractivity contribution >= 4 is 17.3 Å². The van der Waals surface area contributed by atoms with E-state index < -0.39 is 10.8 Å². The predicted molar refractivity (Wildman–Crippen MR) is 102 cm³/mol. The summed E-state index contributed by atoms with van der Waals surface area (Å²) in [5.74, 6) is 0.0584. The summed E-state index contributed by atoms with van der Waals surface area (Å²) in [6, 6.07) is 16.5. The number of non-ortho nitro benzene ring substituents is 1. The average Bonchev–Trinajstić information content (AvgIpc) is 3.39. The number of nitrogens with zero attached hydrogens (tertiary/aromatic N) is 7. The molecule has 2 aromatic heterocycles. The van der Waals surface area contributed by atoms with Crippen LogP contribution in [0.5, 0.6) is 0 Å². The maximum atomic E-state index is 12.3. The summed E-state index contributed by atoms with van der Waals surface area (Å²) in [6.07, 6.45) is 1.62. The summed E-state index contributed by atoms with van der Waals surface area (Å²) in [7, 11) is 0. The molecule has 2 aromatic carbocycles. The van der Waals surface area contributed by atoms with Crippen molar-refractivity contribution in [2.45, 2.75) is 6.67 Å². The average molecular weight is 390 g/mol. The van der Waals surface area contributed by atoms with Gasteiger partial charge in [0, 0.05) is 29.6 Å². The monoisotopic (exact) mass is 390 g/mol. The van der Waals surface area contributed by atoms with Crippen molar-refractivity contribution in [1.29, 1.82) is 0 Å². The van der Waals surface area contributed by atoms with Crippen LogP contribution in [0.1, 0.15) is 10.5 Å². The lowest BCUT2D eigenvalue weighted by atomic mass is 10.2. The number of nitro groups is 1. The van der Waals surface area contributed by atoms with Gasteiger partial charge in [0.05, 0.1) is 4.92 Å². The predicted octanol–water partition coefficient (Wildman–Crippen LogP) is 2.20. The van der Waals surface area contributed by atoms with Gasteiger partial charge in [0.25, 0.3) is 11.6 Å². The lowest BCUT2D eigenvalue weighted by molar-refractivity contribution is -0.384. The van der Waals surface area contributed by atoms with Gasteiger partial charge in [-0.25, -0.2) is 4.68 Å². The van der Waals surface area contributed by atoms with Crippen molar-refractivity contribution in [3.63, 3.8) is 0 Å². The number of anilines is 1.